The Morgan fingerprint density at radius 2 is 2.00 bits per heavy atom. The summed E-state index contributed by atoms with van der Waals surface area (Å²) in [4.78, 5) is 10.9. The Kier molecular flexibility index (Phi) is 5.81. The lowest BCUT2D eigenvalue weighted by Gasteiger charge is -2.26. The van der Waals surface area contributed by atoms with Gasteiger partial charge in [-0.1, -0.05) is 6.07 Å². The molecule has 1 aliphatic rings. The third-order valence-electron chi connectivity index (χ3n) is 3.85. The van der Waals surface area contributed by atoms with E-state index < -0.39 is 0 Å². The van der Waals surface area contributed by atoms with Gasteiger partial charge in [0, 0.05) is 44.0 Å². The molecular weight excluding hydrogens is 306 g/mol. The summed E-state index contributed by atoms with van der Waals surface area (Å²) in [5.41, 5.74) is 0.923. The second-order valence-corrected chi connectivity index (χ2v) is 5.53. The topological polar surface area (TPSA) is 71.5 Å². The van der Waals surface area contributed by atoms with Crippen LogP contribution in [0.5, 0.6) is 5.75 Å². The van der Waals surface area contributed by atoms with Gasteiger partial charge >= 0.3 is 0 Å². The number of methoxy groups -OCH3 is 1. The van der Waals surface area contributed by atoms with Gasteiger partial charge in [0.15, 0.2) is 0 Å². The number of morpholine rings is 1. The average molecular weight is 329 g/mol. The van der Waals surface area contributed by atoms with E-state index in [1.54, 1.807) is 13.4 Å². The standard InChI is InChI=1S/C17H23N5O2/c1-23-15-4-2-3-14(11-15)21-17-12-16(19-13-20-17)18-5-6-22-7-9-24-10-8-22/h2-4,11-13H,5-10H2,1H3,(H2,18,19,20,21). The minimum absolute atomic E-state index is 0.743. The Labute approximate surface area is 142 Å². The van der Waals surface area contributed by atoms with Crippen LogP contribution in [0.25, 0.3) is 0 Å². The molecule has 0 radical (unpaired) electrons. The van der Waals surface area contributed by atoms with Crippen LogP contribution in [0.2, 0.25) is 0 Å². The highest BCUT2D eigenvalue weighted by Crippen LogP contribution is 2.20. The van der Waals surface area contributed by atoms with Crippen molar-refractivity contribution in [3.05, 3.63) is 36.7 Å². The van der Waals surface area contributed by atoms with E-state index in [1.165, 1.54) is 0 Å². The van der Waals surface area contributed by atoms with Gasteiger partial charge in [0.1, 0.15) is 23.7 Å². The Bertz CT molecular complexity index is 646. The van der Waals surface area contributed by atoms with Gasteiger partial charge in [0.25, 0.3) is 0 Å². The highest BCUT2D eigenvalue weighted by molar-refractivity contribution is 5.60. The summed E-state index contributed by atoms with van der Waals surface area (Å²) in [7, 11) is 1.65. The van der Waals surface area contributed by atoms with E-state index in [-0.39, 0.29) is 0 Å². The maximum absolute atomic E-state index is 5.35. The van der Waals surface area contributed by atoms with Crippen molar-refractivity contribution in [3.8, 4) is 5.75 Å². The van der Waals surface area contributed by atoms with E-state index >= 15 is 0 Å². The minimum atomic E-state index is 0.743. The molecule has 1 fully saturated rings. The van der Waals surface area contributed by atoms with Gasteiger partial charge in [-0.3, -0.25) is 4.90 Å². The molecule has 24 heavy (non-hydrogen) atoms. The normalized spacial score (nSPS) is 15.0. The zero-order valence-electron chi connectivity index (χ0n) is 13.9. The first-order valence-corrected chi connectivity index (χ1v) is 8.10. The van der Waals surface area contributed by atoms with Crippen molar-refractivity contribution < 1.29 is 9.47 Å². The van der Waals surface area contributed by atoms with E-state index in [1.807, 2.05) is 30.3 Å². The molecular formula is C17H23N5O2. The summed E-state index contributed by atoms with van der Waals surface area (Å²) in [5.74, 6) is 2.36. The Morgan fingerprint density at radius 3 is 2.83 bits per heavy atom. The summed E-state index contributed by atoms with van der Waals surface area (Å²) in [6.45, 7) is 5.45. The first-order valence-electron chi connectivity index (χ1n) is 8.10. The first kappa shape index (κ1) is 16.5. The molecule has 7 nitrogen and oxygen atoms in total. The predicted molar refractivity (Wildman–Crippen MR) is 94.1 cm³/mol. The Balaban J connectivity index is 1.53. The number of hydrogen-bond acceptors (Lipinski definition) is 7. The number of benzene rings is 1. The molecule has 0 spiro atoms. The average Bonchev–Trinajstić information content (AvgIpc) is 2.63. The molecule has 7 heteroatoms. The van der Waals surface area contributed by atoms with Crippen molar-refractivity contribution in [1.29, 1.82) is 0 Å². The second kappa shape index (κ2) is 8.47. The lowest BCUT2D eigenvalue weighted by molar-refractivity contribution is 0.0398. The molecule has 1 aliphatic heterocycles. The van der Waals surface area contributed by atoms with E-state index in [2.05, 4.69) is 25.5 Å². The van der Waals surface area contributed by atoms with Gasteiger partial charge in [0.05, 0.1) is 20.3 Å². The highest BCUT2D eigenvalue weighted by Gasteiger charge is 2.09. The van der Waals surface area contributed by atoms with Gasteiger partial charge in [-0.25, -0.2) is 9.97 Å². The predicted octanol–water partition coefficient (Wildman–Crippen LogP) is 1.97. The SMILES string of the molecule is COc1cccc(Nc2cc(NCCN3CCOCC3)ncn2)c1. The van der Waals surface area contributed by atoms with Crippen molar-refractivity contribution in [2.75, 3.05) is 57.1 Å². The van der Waals surface area contributed by atoms with Crippen LogP contribution in [0.1, 0.15) is 0 Å². The zero-order chi connectivity index (χ0) is 16.6. The highest BCUT2D eigenvalue weighted by atomic mass is 16.5. The van der Waals surface area contributed by atoms with E-state index in [9.17, 15) is 0 Å². The molecule has 0 aliphatic carbocycles. The van der Waals surface area contributed by atoms with Crippen molar-refractivity contribution in [1.82, 2.24) is 14.9 Å². The van der Waals surface area contributed by atoms with E-state index in [0.29, 0.717) is 0 Å². The molecule has 0 bridgehead atoms. The quantitative estimate of drug-likeness (QED) is 0.804. The largest absolute Gasteiger partial charge is 0.497 e. The van der Waals surface area contributed by atoms with Gasteiger partial charge in [0.2, 0.25) is 0 Å². The molecule has 0 saturated carbocycles. The summed E-state index contributed by atoms with van der Waals surface area (Å²) in [6.07, 6.45) is 1.56. The van der Waals surface area contributed by atoms with Crippen LogP contribution in [0, 0.1) is 0 Å². The summed E-state index contributed by atoms with van der Waals surface area (Å²) in [6, 6.07) is 9.64. The molecule has 2 N–H and O–H groups in total. The number of ether oxygens (including phenoxy) is 2. The van der Waals surface area contributed by atoms with Gasteiger partial charge in [-0.05, 0) is 12.1 Å². The summed E-state index contributed by atoms with van der Waals surface area (Å²) in [5, 5.41) is 6.60. The number of nitrogens with zero attached hydrogens (tertiary/aromatic N) is 3. The number of rotatable bonds is 7. The summed E-state index contributed by atoms with van der Waals surface area (Å²) >= 11 is 0. The third-order valence-corrected chi connectivity index (χ3v) is 3.85. The fourth-order valence-electron chi connectivity index (χ4n) is 2.54. The van der Waals surface area contributed by atoms with Gasteiger partial charge < -0.3 is 20.1 Å². The first-order chi connectivity index (χ1) is 11.8. The molecule has 0 amide bonds. The Hall–Kier alpha value is -2.38. The smallest absolute Gasteiger partial charge is 0.135 e. The molecule has 1 saturated heterocycles. The van der Waals surface area contributed by atoms with Crippen LogP contribution >= 0.6 is 0 Å². The van der Waals surface area contributed by atoms with E-state index in [0.717, 1.165) is 62.5 Å². The van der Waals surface area contributed by atoms with Crippen LogP contribution in [-0.4, -0.2) is 61.4 Å². The van der Waals surface area contributed by atoms with Crippen molar-refractivity contribution in [2.45, 2.75) is 0 Å². The molecule has 1 aromatic carbocycles. The number of aromatic nitrogens is 2. The summed E-state index contributed by atoms with van der Waals surface area (Å²) < 4.78 is 10.6. The molecule has 2 heterocycles. The fourth-order valence-corrected chi connectivity index (χ4v) is 2.54. The van der Waals surface area contributed by atoms with Crippen molar-refractivity contribution >= 4 is 17.3 Å². The lowest BCUT2D eigenvalue weighted by Crippen LogP contribution is -2.39. The number of hydrogen-bond donors (Lipinski definition) is 2. The van der Waals surface area contributed by atoms with Crippen LogP contribution in [0.15, 0.2) is 36.7 Å². The van der Waals surface area contributed by atoms with Crippen molar-refractivity contribution in [2.24, 2.45) is 0 Å². The van der Waals surface area contributed by atoms with Crippen LogP contribution < -0.4 is 15.4 Å². The minimum Gasteiger partial charge on any atom is -0.497 e. The molecule has 2 aromatic rings. The molecule has 1 aromatic heterocycles. The van der Waals surface area contributed by atoms with Gasteiger partial charge in [-0.2, -0.15) is 0 Å². The number of anilines is 3. The third kappa shape index (κ3) is 4.81. The maximum Gasteiger partial charge on any atom is 0.135 e. The molecule has 0 atom stereocenters. The lowest BCUT2D eigenvalue weighted by atomic mass is 10.3. The molecule has 128 valence electrons. The number of nitrogens with one attached hydrogen (secondary N) is 2. The molecule has 3 rings (SSSR count). The maximum atomic E-state index is 5.35. The molecule has 0 unspecified atom stereocenters. The van der Waals surface area contributed by atoms with Crippen LogP contribution in [0.4, 0.5) is 17.3 Å². The fraction of sp³-hybridized carbons (Fsp3) is 0.412. The van der Waals surface area contributed by atoms with Gasteiger partial charge in [-0.15, -0.1) is 0 Å². The monoisotopic (exact) mass is 329 g/mol. The Morgan fingerprint density at radius 1 is 1.17 bits per heavy atom. The second-order valence-electron chi connectivity index (χ2n) is 5.53. The van der Waals surface area contributed by atoms with Crippen LogP contribution in [-0.2, 0) is 4.74 Å². The van der Waals surface area contributed by atoms with Crippen molar-refractivity contribution in [3.63, 3.8) is 0 Å². The zero-order valence-corrected chi connectivity index (χ0v) is 13.9. The van der Waals surface area contributed by atoms with Crippen LogP contribution in [0.3, 0.4) is 0 Å². The van der Waals surface area contributed by atoms with E-state index in [4.69, 9.17) is 9.47 Å².